The molecule has 0 bridgehead atoms. The van der Waals surface area contributed by atoms with Crippen LogP contribution in [-0.2, 0) is 16.0 Å². The predicted octanol–water partition coefficient (Wildman–Crippen LogP) is 4.03. The Balaban J connectivity index is 1.28. The predicted molar refractivity (Wildman–Crippen MR) is 122 cm³/mol. The second-order valence-electron chi connectivity index (χ2n) is 9.22. The molecule has 2 aromatic heterocycles. The molecule has 1 aliphatic heterocycles. The van der Waals surface area contributed by atoms with Crippen LogP contribution in [-0.4, -0.2) is 50.2 Å². The average molecular weight is 436 g/mol. The van der Waals surface area contributed by atoms with Gasteiger partial charge in [-0.3, -0.25) is 9.20 Å². The topological polar surface area (TPSA) is 88.8 Å². The minimum atomic E-state index is -0.475. The van der Waals surface area contributed by atoms with Gasteiger partial charge in [0.25, 0.3) is 0 Å². The summed E-state index contributed by atoms with van der Waals surface area (Å²) in [5, 5.41) is 10.8. The average Bonchev–Trinajstić information content (AvgIpc) is 3.21. The zero-order valence-corrected chi connectivity index (χ0v) is 18.7. The van der Waals surface area contributed by atoms with Gasteiger partial charge in [0.05, 0.1) is 6.42 Å². The first-order valence-corrected chi connectivity index (χ1v) is 10.9. The smallest absolute Gasteiger partial charge is 0.410 e. The summed E-state index contributed by atoms with van der Waals surface area (Å²) in [5.74, 6) is 0.324. The molecule has 0 unspecified atom stereocenters. The Kier molecular flexibility index (Phi) is 6.12. The Labute approximate surface area is 187 Å². The minimum absolute atomic E-state index is 0.0733. The van der Waals surface area contributed by atoms with Crippen LogP contribution >= 0.6 is 0 Å². The number of hydrogen-bond acceptors (Lipinski definition) is 5. The third kappa shape index (κ3) is 5.43. The van der Waals surface area contributed by atoms with E-state index in [9.17, 15) is 9.59 Å². The third-order valence-corrected chi connectivity index (χ3v) is 5.53. The maximum Gasteiger partial charge on any atom is 0.410 e. The number of nitrogens with one attached hydrogen (secondary N) is 1. The first-order valence-electron chi connectivity index (χ1n) is 10.9. The highest BCUT2D eigenvalue weighted by Gasteiger charge is 2.27. The highest BCUT2D eigenvalue weighted by atomic mass is 16.6. The number of aromatic nitrogens is 3. The number of ether oxygens (including phenoxy) is 1. The lowest BCUT2D eigenvalue weighted by atomic mass is 9.89. The molecule has 4 rings (SSSR count). The lowest BCUT2D eigenvalue weighted by Crippen LogP contribution is -2.41. The van der Waals surface area contributed by atoms with Crippen LogP contribution in [0, 0.1) is 0 Å². The van der Waals surface area contributed by atoms with Crippen LogP contribution in [0.5, 0.6) is 0 Å². The summed E-state index contributed by atoms with van der Waals surface area (Å²) >= 11 is 0. The van der Waals surface area contributed by atoms with Crippen LogP contribution in [0.1, 0.15) is 50.7 Å². The Morgan fingerprint density at radius 3 is 2.50 bits per heavy atom. The van der Waals surface area contributed by atoms with Crippen molar-refractivity contribution in [2.75, 3.05) is 18.4 Å². The summed E-state index contributed by atoms with van der Waals surface area (Å²) < 4.78 is 7.27. The van der Waals surface area contributed by atoms with E-state index in [0.29, 0.717) is 19.0 Å². The molecule has 32 heavy (non-hydrogen) atoms. The van der Waals surface area contributed by atoms with Crippen molar-refractivity contribution in [2.45, 2.75) is 51.6 Å². The number of carbonyl (C=O) groups excluding carboxylic acids is 2. The molecule has 8 nitrogen and oxygen atoms in total. The zero-order valence-electron chi connectivity index (χ0n) is 18.7. The lowest BCUT2D eigenvalue weighted by Gasteiger charge is -2.33. The zero-order chi connectivity index (χ0) is 22.7. The summed E-state index contributed by atoms with van der Waals surface area (Å²) in [6.07, 6.45) is 5.32. The summed E-state index contributed by atoms with van der Waals surface area (Å²) in [6.45, 7) is 7.03. The van der Waals surface area contributed by atoms with E-state index >= 15 is 0 Å². The van der Waals surface area contributed by atoms with Crippen LogP contribution in [0.4, 0.5) is 10.5 Å². The number of amides is 2. The van der Waals surface area contributed by atoms with Gasteiger partial charge in [-0.2, -0.15) is 0 Å². The highest BCUT2D eigenvalue weighted by Crippen LogP contribution is 2.29. The molecule has 8 heteroatoms. The molecular formula is C24H29N5O3. The van der Waals surface area contributed by atoms with Crippen LogP contribution in [0.2, 0.25) is 0 Å². The van der Waals surface area contributed by atoms with Crippen molar-refractivity contribution >= 4 is 23.3 Å². The summed E-state index contributed by atoms with van der Waals surface area (Å²) in [4.78, 5) is 26.5. The molecule has 3 aromatic rings. The molecule has 1 fully saturated rings. The van der Waals surface area contributed by atoms with Gasteiger partial charge in [0.1, 0.15) is 11.9 Å². The van der Waals surface area contributed by atoms with Gasteiger partial charge in [-0.1, -0.05) is 18.2 Å². The molecular weight excluding hydrogens is 406 g/mol. The van der Waals surface area contributed by atoms with E-state index in [-0.39, 0.29) is 18.4 Å². The highest BCUT2D eigenvalue weighted by molar-refractivity contribution is 5.92. The molecule has 1 aliphatic rings. The molecule has 0 aliphatic carbocycles. The Hall–Kier alpha value is -3.42. The van der Waals surface area contributed by atoms with Crippen molar-refractivity contribution in [2.24, 2.45) is 0 Å². The summed E-state index contributed by atoms with van der Waals surface area (Å²) in [6, 6.07) is 11.7. The van der Waals surface area contributed by atoms with E-state index in [1.54, 1.807) is 15.6 Å². The molecule has 0 atom stereocenters. The van der Waals surface area contributed by atoms with Gasteiger partial charge < -0.3 is 15.0 Å². The maximum atomic E-state index is 12.4. The fourth-order valence-electron chi connectivity index (χ4n) is 3.93. The number of rotatable bonds is 4. The van der Waals surface area contributed by atoms with E-state index < -0.39 is 5.60 Å². The molecule has 1 aromatic carbocycles. The van der Waals surface area contributed by atoms with Crippen molar-refractivity contribution in [1.82, 2.24) is 19.5 Å². The van der Waals surface area contributed by atoms with Gasteiger partial charge in [-0.15, -0.1) is 10.2 Å². The van der Waals surface area contributed by atoms with Crippen molar-refractivity contribution in [3.05, 3.63) is 60.0 Å². The van der Waals surface area contributed by atoms with Crippen molar-refractivity contribution in [1.29, 1.82) is 0 Å². The fourth-order valence-corrected chi connectivity index (χ4v) is 3.93. The minimum Gasteiger partial charge on any atom is -0.444 e. The first kappa shape index (κ1) is 21.8. The van der Waals surface area contributed by atoms with Crippen molar-refractivity contribution in [3.8, 4) is 0 Å². The largest absolute Gasteiger partial charge is 0.444 e. The van der Waals surface area contributed by atoms with E-state index in [1.807, 2.05) is 51.2 Å². The number of anilines is 1. The molecule has 3 heterocycles. The van der Waals surface area contributed by atoms with E-state index in [0.717, 1.165) is 29.7 Å². The van der Waals surface area contributed by atoms with Crippen molar-refractivity contribution < 1.29 is 14.3 Å². The number of pyridine rings is 1. The molecule has 2 amide bonds. The normalized spacial score (nSPS) is 15.0. The second kappa shape index (κ2) is 8.98. The number of nitrogens with zero attached hydrogens (tertiary/aromatic N) is 4. The molecule has 0 spiro atoms. The number of piperidine rings is 1. The molecule has 1 N–H and O–H groups in total. The number of likely N-dealkylation sites (tertiary alicyclic amines) is 1. The van der Waals surface area contributed by atoms with Gasteiger partial charge in [0, 0.05) is 25.0 Å². The van der Waals surface area contributed by atoms with Gasteiger partial charge in [-0.05, 0) is 68.9 Å². The maximum absolute atomic E-state index is 12.4. The number of hydrogen-bond donors (Lipinski definition) is 1. The Bertz CT molecular complexity index is 1090. The molecule has 168 valence electrons. The second-order valence-corrected chi connectivity index (χ2v) is 9.22. The summed E-state index contributed by atoms with van der Waals surface area (Å²) in [7, 11) is 0. The van der Waals surface area contributed by atoms with Crippen LogP contribution in [0.3, 0.4) is 0 Å². The summed E-state index contributed by atoms with van der Waals surface area (Å²) in [5.41, 5.74) is 3.17. The molecule has 0 radical (unpaired) electrons. The Morgan fingerprint density at radius 1 is 1.09 bits per heavy atom. The Morgan fingerprint density at radius 2 is 1.81 bits per heavy atom. The van der Waals surface area contributed by atoms with E-state index in [4.69, 9.17) is 4.74 Å². The van der Waals surface area contributed by atoms with Gasteiger partial charge in [0.2, 0.25) is 5.91 Å². The van der Waals surface area contributed by atoms with Gasteiger partial charge in [-0.25, -0.2) is 4.79 Å². The molecule has 0 saturated carbocycles. The number of carbonyl (C=O) groups is 2. The third-order valence-electron chi connectivity index (χ3n) is 5.53. The fraction of sp³-hybridized carbons (Fsp3) is 0.417. The standard InChI is InChI=1S/C24H29N5O3/c1-24(2,3)32-23(31)28-12-10-19(11-13-28)18-5-7-20(8-6-18)26-22(30)14-17-4-9-21-27-25-16-29(21)15-17/h4-9,15-16,19H,10-14H2,1-3H3,(H,26,30). The van der Waals surface area contributed by atoms with Crippen molar-refractivity contribution in [3.63, 3.8) is 0 Å². The van der Waals surface area contributed by atoms with Crippen LogP contribution < -0.4 is 5.32 Å². The van der Waals surface area contributed by atoms with E-state index in [2.05, 4.69) is 27.6 Å². The van der Waals surface area contributed by atoms with Gasteiger partial charge in [0.15, 0.2) is 5.65 Å². The lowest BCUT2D eigenvalue weighted by molar-refractivity contribution is -0.115. The SMILES string of the molecule is CC(C)(C)OC(=O)N1CCC(c2ccc(NC(=O)Cc3ccc4nncn4c3)cc2)CC1. The number of benzene rings is 1. The van der Waals surface area contributed by atoms with Crippen LogP contribution in [0.25, 0.3) is 5.65 Å². The first-order chi connectivity index (χ1) is 15.3. The monoisotopic (exact) mass is 435 g/mol. The van der Waals surface area contributed by atoms with Gasteiger partial charge >= 0.3 is 6.09 Å². The quantitative estimate of drug-likeness (QED) is 0.669. The van der Waals surface area contributed by atoms with E-state index in [1.165, 1.54) is 5.56 Å². The van der Waals surface area contributed by atoms with Crippen LogP contribution in [0.15, 0.2) is 48.9 Å². The number of fused-ring (bicyclic) bond motifs is 1. The molecule has 1 saturated heterocycles.